The molecule has 0 unspecified atom stereocenters. The standard InChI is InChI=1S/C8H10N4O/c9-5-8-10-3-4-12(8)6-7-1-2-11-13-7/h1-4H,5-6,9H2. The summed E-state index contributed by atoms with van der Waals surface area (Å²) in [5, 5.41) is 3.62. The molecule has 0 saturated heterocycles. The van der Waals surface area contributed by atoms with Gasteiger partial charge in [0.05, 0.1) is 19.3 Å². The van der Waals surface area contributed by atoms with Gasteiger partial charge in [-0.25, -0.2) is 4.98 Å². The molecule has 2 aromatic heterocycles. The average molecular weight is 178 g/mol. The lowest BCUT2D eigenvalue weighted by atomic mass is 10.4. The molecule has 0 aliphatic rings. The third-order valence-corrected chi connectivity index (χ3v) is 1.80. The summed E-state index contributed by atoms with van der Waals surface area (Å²) in [6.45, 7) is 1.06. The van der Waals surface area contributed by atoms with Crippen LogP contribution >= 0.6 is 0 Å². The van der Waals surface area contributed by atoms with Crippen molar-refractivity contribution in [2.45, 2.75) is 13.1 Å². The van der Waals surface area contributed by atoms with Gasteiger partial charge in [-0.2, -0.15) is 0 Å². The lowest BCUT2D eigenvalue weighted by molar-refractivity contribution is 0.375. The normalized spacial score (nSPS) is 10.5. The molecule has 0 amide bonds. The highest BCUT2D eigenvalue weighted by molar-refractivity contribution is 4.99. The highest BCUT2D eigenvalue weighted by Gasteiger charge is 2.02. The van der Waals surface area contributed by atoms with Crippen LogP contribution in [-0.4, -0.2) is 14.7 Å². The van der Waals surface area contributed by atoms with Gasteiger partial charge in [0.1, 0.15) is 5.82 Å². The number of rotatable bonds is 3. The van der Waals surface area contributed by atoms with Crippen molar-refractivity contribution >= 4 is 0 Å². The lowest BCUT2D eigenvalue weighted by Gasteiger charge is -2.01. The minimum absolute atomic E-state index is 0.432. The summed E-state index contributed by atoms with van der Waals surface area (Å²) in [5.41, 5.74) is 5.49. The Morgan fingerprint density at radius 3 is 3.08 bits per heavy atom. The molecule has 0 atom stereocenters. The van der Waals surface area contributed by atoms with Crippen molar-refractivity contribution < 1.29 is 4.52 Å². The highest BCUT2D eigenvalue weighted by atomic mass is 16.5. The fraction of sp³-hybridized carbons (Fsp3) is 0.250. The minimum atomic E-state index is 0.432. The van der Waals surface area contributed by atoms with E-state index in [-0.39, 0.29) is 0 Å². The predicted molar refractivity (Wildman–Crippen MR) is 45.7 cm³/mol. The first-order valence-corrected chi connectivity index (χ1v) is 4.00. The zero-order chi connectivity index (χ0) is 9.10. The molecule has 0 bridgehead atoms. The van der Waals surface area contributed by atoms with Gasteiger partial charge in [-0.1, -0.05) is 5.16 Å². The van der Waals surface area contributed by atoms with Crippen molar-refractivity contribution in [3.05, 3.63) is 36.2 Å². The largest absolute Gasteiger partial charge is 0.359 e. The van der Waals surface area contributed by atoms with E-state index in [2.05, 4.69) is 10.1 Å². The summed E-state index contributed by atoms with van der Waals surface area (Å²) in [7, 11) is 0. The number of hydrogen-bond acceptors (Lipinski definition) is 4. The SMILES string of the molecule is NCc1nccn1Cc1ccno1. The molecule has 0 aromatic carbocycles. The zero-order valence-electron chi connectivity index (χ0n) is 7.05. The molecule has 0 aliphatic carbocycles. The maximum Gasteiger partial charge on any atom is 0.156 e. The Hall–Kier alpha value is -1.62. The molecule has 5 heteroatoms. The first-order valence-electron chi connectivity index (χ1n) is 4.00. The van der Waals surface area contributed by atoms with Gasteiger partial charge >= 0.3 is 0 Å². The maximum atomic E-state index is 5.49. The molecule has 0 aliphatic heterocycles. The van der Waals surface area contributed by atoms with Crippen LogP contribution < -0.4 is 5.73 Å². The monoisotopic (exact) mass is 178 g/mol. The first kappa shape index (κ1) is 8.00. The van der Waals surface area contributed by atoms with Crippen LogP contribution in [0.5, 0.6) is 0 Å². The van der Waals surface area contributed by atoms with Crippen molar-refractivity contribution in [3.63, 3.8) is 0 Å². The zero-order valence-corrected chi connectivity index (χ0v) is 7.05. The van der Waals surface area contributed by atoms with Crippen LogP contribution in [-0.2, 0) is 13.1 Å². The van der Waals surface area contributed by atoms with E-state index in [9.17, 15) is 0 Å². The highest BCUT2D eigenvalue weighted by Crippen LogP contribution is 2.03. The quantitative estimate of drug-likeness (QED) is 0.737. The molecular formula is C8H10N4O. The summed E-state index contributed by atoms with van der Waals surface area (Å²) in [5.74, 6) is 1.64. The molecule has 0 saturated carbocycles. The number of nitrogens with zero attached hydrogens (tertiary/aromatic N) is 3. The molecule has 2 aromatic rings. The van der Waals surface area contributed by atoms with Gasteiger partial charge in [0, 0.05) is 18.5 Å². The van der Waals surface area contributed by atoms with Gasteiger partial charge in [0.15, 0.2) is 5.76 Å². The number of imidazole rings is 1. The summed E-state index contributed by atoms with van der Waals surface area (Å²) < 4.78 is 6.90. The van der Waals surface area contributed by atoms with E-state index < -0.39 is 0 Å². The van der Waals surface area contributed by atoms with Crippen LogP contribution in [0.4, 0.5) is 0 Å². The molecule has 2 N–H and O–H groups in total. The molecule has 2 rings (SSSR count). The molecular weight excluding hydrogens is 168 g/mol. The second-order valence-corrected chi connectivity index (χ2v) is 2.65. The van der Waals surface area contributed by atoms with Crippen LogP contribution in [0.1, 0.15) is 11.6 Å². The Morgan fingerprint density at radius 2 is 2.38 bits per heavy atom. The third-order valence-electron chi connectivity index (χ3n) is 1.80. The molecule has 5 nitrogen and oxygen atoms in total. The van der Waals surface area contributed by atoms with E-state index in [1.54, 1.807) is 12.4 Å². The fourth-order valence-corrected chi connectivity index (χ4v) is 1.17. The lowest BCUT2D eigenvalue weighted by Crippen LogP contribution is -2.08. The van der Waals surface area contributed by atoms with Gasteiger partial charge in [-0.05, 0) is 0 Å². The van der Waals surface area contributed by atoms with Crippen molar-refractivity contribution in [2.75, 3.05) is 0 Å². The summed E-state index contributed by atoms with van der Waals surface area (Å²) in [4.78, 5) is 4.09. The molecule has 68 valence electrons. The second-order valence-electron chi connectivity index (χ2n) is 2.65. The average Bonchev–Trinajstić information content (AvgIpc) is 2.76. The Balaban J connectivity index is 2.18. The summed E-state index contributed by atoms with van der Waals surface area (Å²) >= 11 is 0. The maximum absolute atomic E-state index is 5.49. The summed E-state index contributed by atoms with van der Waals surface area (Å²) in [6, 6.07) is 1.82. The molecule has 0 fully saturated rings. The Kier molecular flexibility index (Phi) is 2.09. The molecule has 2 heterocycles. The summed E-state index contributed by atoms with van der Waals surface area (Å²) in [6.07, 6.45) is 5.21. The van der Waals surface area contributed by atoms with Gasteiger partial charge in [-0.15, -0.1) is 0 Å². The third kappa shape index (κ3) is 1.59. The minimum Gasteiger partial charge on any atom is -0.359 e. The van der Waals surface area contributed by atoms with Crippen LogP contribution in [0.25, 0.3) is 0 Å². The number of hydrogen-bond donors (Lipinski definition) is 1. The van der Waals surface area contributed by atoms with Crippen molar-refractivity contribution in [2.24, 2.45) is 5.73 Å². The Bertz CT molecular complexity index is 365. The van der Waals surface area contributed by atoms with E-state index in [4.69, 9.17) is 10.3 Å². The first-order chi connectivity index (χ1) is 6.40. The fourth-order valence-electron chi connectivity index (χ4n) is 1.17. The topological polar surface area (TPSA) is 69.9 Å². The van der Waals surface area contributed by atoms with E-state index >= 15 is 0 Å². The van der Waals surface area contributed by atoms with Gasteiger partial charge in [0.25, 0.3) is 0 Å². The Morgan fingerprint density at radius 1 is 1.46 bits per heavy atom. The predicted octanol–water partition coefficient (Wildman–Crippen LogP) is 0.378. The second kappa shape index (κ2) is 3.40. The van der Waals surface area contributed by atoms with Crippen molar-refractivity contribution in [1.29, 1.82) is 0 Å². The van der Waals surface area contributed by atoms with E-state index in [0.717, 1.165) is 11.6 Å². The molecule has 0 spiro atoms. The number of aromatic nitrogens is 3. The smallest absolute Gasteiger partial charge is 0.156 e. The van der Waals surface area contributed by atoms with E-state index in [1.165, 1.54) is 0 Å². The van der Waals surface area contributed by atoms with Crippen LogP contribution in [0.15, 0.2) is 29.2 Å². The van der Waals surface area contributed by atoms with Crippen LogP contribution in [0.2, 0.25) is 0 Å². The Labute approximate surface area is 75.2 Å². The number of nitrogens with two attached hydrogens (primary N) is 1. The van der Waals surface area contributed by atoms with Gasteiger partial charge in [-0.3, -0.25) is 0 Å². The van der Waals surface area contributed by atoms with Crippen LogP contribution in [0.3, 0.4) is 0 Å². The van der Waals surface area contributed by atoms with Crippen molar-refractivity contribution in [3.8, 4) is 0 Å². The van der Waals surface area contributed by atoms with E-state index in [0.29, 0.717) is 13.1 Å². The van der Waals surface area contributed by atoms with E-state index in [1.807, 2.05) is 16.8 Å². The van der Waals surface area contributed by atoms with Crippen LogP contribution in [0, 0.1) is 0 Å². The molecule has 0 radical (unpaired) electrons. The van der Waals surface area contributed by atoms with Gasteiger partial charge in [0.2, 0.25) is 0 Å². The van der Waals surface area contributed by atoms with Gasteiger partial charge < -0.3 is 14.8 Å². The van der Waals surface area contributed by atoms with Crippen molar-refractivity contribution in [1.82, 2.24) is 14.7 Å². The molecule has 13 heavy (non-hydrogen) atoms.